The van der Waals surface area contributed by atoms with Crippen LogP contribution < -0.4 is 10.1 Å². The number of aromatic nitrogens is 1. The summed E-state index contributed by atoms with van der Waals surface area (Å²) in [5, 5.41) is 2.97. The average Bonchev–Trinajstić information content (AvgIpc) is 3.02. The highest BCUT2D eigenvalue weighted by Crippen LogP contribution is 2.35. The molecule has 1 aliphatic heterocycles. The van der Waals surface area contributed by atoms with Crippen LogP contribution in [0.15, 0.2) is 41.1 Å². The predicted octanol–water partition coefficient (Wildman–Crippen LogP) is 2.58. The Morgan fingerprint density at radius 2 is 2.35 bits per heavy atom. The Balaban J connectivity index is 1.69. The van der Waals surface area contributed by atoms with Crippen molar-refractivity contribution in [2.45, 2.75) is 12.5 Å². The summed E-state index contributed by atoms with van der Waals surface area (Å²) < 4.78 is 8.48. The van der Waals surface area contributed by atoms with E-state index in [1.807, 2.05) is 48.3 Å². The molecule has 2 aromatic rings. The van der Waals surface area contributed by atoms with E-state index in [1.54, 1.807) is 0 Å². The molecule has 104 valence electrons. The molecule has 1 atom stereocenters. The highest BCUT2D eigenvalue weighted by Gasteiger charge is 2.30. The fourth-order valence-electron chi connectivity index (χ4n) is 2.38. The first-order chi connectivity index (χ1) is 9.63. The summed E-state index contributed by atoms with van der Waals surface area (Å²) in [6.45, 7) is 0.950. The van der Waals surface area contributed by atoms with E-state index in [0.717, 1.165) is 21.3 Å². The van der Waals surface area contributed by atoms with Crippen molar-refractivity contribution in [3.63, 3.8) is 0 Å². The summed E-state index contributed by atoms with van der Waals surface area (Å²) in [6, 6.07) is 7.76. The van der Waals surface area contributed by atoms with Gasteiger partial charge in [0.2, 0.25) is 5.91 Å². The summed E-state index contributed by atoms with van der Waals surface area (Å²) in [5.74, 6) is 0.574. The third kappa shape index (κ3) is 2.58. The molecule has 0 fully saturated rings. The van der Waals surface area contributed by atoms with E-state index in [0.29, 0.717) is 13.2 Å². The van der Waals surface area contributed by atoms with Crippen LogP contribution in [0.5, 0.6) is 5.75 Å². The van der Waals surface area contributed by atoms with Crippen molar-refractivity contribution in [1.82, 2.24) is 9.88 Å². The molecule has 0 saturated heterocycles. The molecule has 0 spiro atoms. The van der Waals surface area contributed by atoms with E-state index in [2.05, 4.69) is 21.2 Å². The van der Waals surface area contributed by atoms with Crippen molar-refractivity contribution in [2.75, 3.05) is 6.61 Å². The summed E-state index contributed by atoms with van der Waals surface area (Å²) in [6.07, 6.45) is 3.96. The molecule has 0 saturated carbocycles. The van der Waals surface area contributed by atoms with E-state index in [9.17, 15) is 4.79 Å². The van der Waals surface area contributed by atoms with E-state index in [1.165, 1.54) is 0 Å². The normalized spacial score (nSPS) is 16.6. The molecule has 4 nitrogen and oxygen atoms in total. The zero-order chi connectivity index (χ0) is 14.1. The monoisotopic (exact) mass is 334 g/mol. The Kier molecular flexibility index (Phi) is 3.53. The van der Waals surface area contributed by atoms with Crippen LogP contribution in [0.3, 0.4) is 0 Å². The number of ether oxygens (including phenoxy) is 1. The zero-order valence-electron chi connectivity index (χ0n) is 11.1. The first kappa shape index (κ1) is 13.2. The van der Waals surface area contributed by atoms with Crippen LogP contribution in [0.4, 0.5) is 0 Å². The average molecular weight is 335 g/mol. The number of fused-ring (bicyclic) bond motifs is 1. The van der Waals surface area contributed by atoms with Crippen molar-refractivity contribution < 1.29 is 9.53 Å². The highest BCUT2D eigenvalue weighted by molar-refractivity contribution is 9.10. The van der Waals surface area contributed by atoms with Gasteiger partial charge < -0.3 is 14.6 Å². The third-order valence-corrected chi connectivity index (χ3v) is 3.92. The predicted molar refractivity (Wildman–Crippen MR) is 79.6 cm³/mol. The van der Waals surface area contributed by atoms with E-state index in [4.69, 9.17) is 4.74 Å². The van der Waals surface area contributed by atoms with E-state index >= 15 is 0 Å². The SMILES string of the molecule is Cn1ccc(CNC(=O)[C@@H]2COc3ccc(Br)cc32)c1. The van der Waals surface area contributed by atoms with Crippen molar-refractivity contribution in [3.8, 4) is 5.75 Å². The number of nitrogens with zero attached hydrogens (tertiary/aromatic N) is 1. The molecule has 3 rings (SSSR count). The van der Waals surface area contributed by atoms with Crippen LogP contribution in [0.2, 0.25) is 0 Å². The van der Waals surface area contributed by atoms with Gasteiger partial charge in [0, 0.05) is 36.0 Å². The van der Waals surface area contributed by atoms with E-state index < -0.39 is 0 Å². The fraction of sp³-hybridized carbons (Fsp3) is 0.267. The number of aryl methyl sites for hydroxylation is 1. The maximum Gasteiger partial charge on any atom is 0.231 e. The smallest absolute Gasteiger partial charge is 0.231 e. The molecular weight excluding hydrogens is 320 g/mol. The van der Waals surface area contributed by atoms with Gasteiger partial charge in [0.15, 0.2) is 0 Å². The van der Waals surface area contributed by atoms with Gasteiger partial charge in [-0.2, -0.15) is 0 Å². The molecule has 20 heavy (non-hydrogen) atoms. The quantitative estimate of drug-likeness (QED) is 0.937. The van der Waals surface area contributed by atoms with Crippen LogP contribution in [0.25, 0.3) is 0 Å². The number of nitrogens with one attached hydrogen (secondary N) is 1. The van der Waals surface area contributed by atoms with Gasteiger partial charge in [0.05, 0.1) is 0 Å². The van der Waals surface area contributed by atoms with Crippen molar-refractivity contribution >= 4 is 21.8 Å². The zero-order valence-corrected chi connectivity index (χ0v) is 12.7. The molecule has 1 N–H and O–H groups in total. The molecule has 1 aromatic carbocycles. The number of hydrogen-bond acceptors (Lipinski definition) is 2. The highest BCUT2D eigenvalue weighted by atomic mass is 79.9. The van der Waals surface area contributed by atoms with Gasteiger partial charge >= 0.3 is 0 Å². The molecular formula is C15H15BrN2O2. The minimum absolute atomic E-state index is 0.00528. The maximum atomic E-state index is 12.3. The Morgan fingerprint density at radius 3 is 3.10 bits per heavy atom. The van der Waals surface area contributed by atoms with Gasteiger partial charge in [-0.3, -0.25) is 4.79 Å². The number of hydrogen-bond donors (Lipinski definition) is 1. The summed E-state index contributed by atoms with van der Waals surface area (Å²) in [5.41, 5.74) is 2.04. The molecule has 5 heteroatoms. The van der Waals surface area contributed by atoms with Crippen molar-refractivity contribution in [3.05, 3.63) is 52.3 Å². The minimum Gasteiger partial charge on any atom is -0.492 e. The number of amides is 1. The first-order valence-electron chi connectivity index (χ1n) is 6.44. The van der Waals surface area contributed by atoms with Gasteiger partial charge in [-0.25, -0.2) is 0 Å². The molecule has 2 heterocycles. The van der Waals surface area contributed by atoms with Gasteiger partial charge in [-0.1, -0.05) is 15.9 Å². The van der Waals surface area contributed by atoms with E-state index in [-0.39, 0.29) is 11.8 Å². The first-order valence-corrected chi connectivity index (χ1v) is 7.23. The van der Waals surface area contributed by atoms with Crippen LogP contribution in [-0.2, 0) is 18.4 Å². The standard InChI is InChI=1S/C15H15BrN2O2/c1-18-5-4-10(8-18)7-17-15(19)13-9-20-14-3-2-11(16)6-12(13)14/h2-6,8,13H,7,9H2,1H3,(H,17,19)/t13-/m1/s1. The molecule has 1 aromatic heterocycles. The summed E-state index contributed by atoms with van der Waals surface area (Å²) >= 11 is 3.43. The molecule has 1 aliphatic rings. The lowest BCUT2D eigenvalue weighted by Crippen LogP contribution is -2.29. The number of carbonyl (C=O) groups excluding carboxylic acids is 1. The Hall–Kier alpha value is -1.75. The molecule has 0 unspecified atom stereocenters. The molecule has 0 bridgehead atoms. The fourth-order valence-corrected chi connectivity index (χ4v) is 2.76. The van der Waals surface area contributed by atoms with Crippen LogP contribution in [0, 0.1) is 0 Å². The van der Waals surface area contributed by atoms with Crippen LogP contribution in [0.1, 0.15) is 17.0 Å². The Morgan fingerprint density at radius 1 is 1.50 bits per heavy atom. The lowest BCUT2D eigenvalue weighted by Gasteiger charge is -2.09. The number of rotatable bonds is 3. The molecule has 1 amide bonds. The van der Waals surface area contributed by atoms with Crippen LogP contribution in [-0.4, -0.2) is 17.1 Å². The molecule has 0 aliphatic carbocycles. The second-order valence-electron chi connectivity index (χ2n) is 4.95. The second kappa shape index (κ2) is 5.32. The molecule has 0 radical (unpaired) electrons. The number of benzene rings is 1. The lowest BCUT2D eigenvalue weighted by atomic mass is 10.0. The Bertz CT molecular complexity index is 651. The minimum atomic E-state index is -0.230. The van der Waals surface area contributed by atoms with Gasteiger partial charge in [0.1, 0.15) is 18.3 Å². The topological polar surface area (TPSA) is 43.3 Å². The van der Waals surface area contributed by atoms with Gasteiger partial charge in [0.25, 0.3) is 0 Å². The van der Waals surface area contributed by atoms with Gasteiger partial charge in [-0.15, -0.1) is 0 Å². The Labute approximate surface area is 125 Å². The number of halogens is 1. The second-order valence-corrected chi connectivity index (χ2v) is 5.86. The van der Waals surface area contributed by atoms with Crippen LogP contribution >= 0.6 is 15.9 Å². The van der Waals surface area contributed by atoms with Crippen molar-refractivity contribution in [2.24, 2.45) is 7.05 Å². The number of carbonyl (C=O) groups is 1. The third-order valence-electron chi connectivity index (χ3n) is 3.43. The van der Waals surface area contributed by atoms with Gasteiger partial charge in [-0.05, 0) is 29.8 Å². The maximum absolute atomic E-state index is 12.3. The summed E-state index contributed by atoms with van der Waals surface area (Å²) in [7, 11) is 1.96. The largest absolute Gasteiger partial charge is 0.492 e. The summed E-state index contributed by atoms with van der Waals surface area (Å²) in [4.78, 5) is 12.3. The van der Waals surface area contributed by atoms with Crippen molar-refractivity contribution in [1.29, 1.82) is 0 Å². The lowest BCUT2D eigenvalue weighted by molar-refractivity contribution is -0.122.